The molecule has 0 saturated carbocycles. The molecule has 0 aromatic rings. The fourth-order valence-corrected chi connectivity index (χ4v) is 0.864. The summed E-state index contributed by atoms with van der Waals surface area (Å²) in [7, 11) is 0. The molecule has 86 valence electrons. The Morgan fingerprint density at radius 3 is 2.27 bits per heavy atom. The summed E-state index contributed by atoms with van der Waals surface area (Å²) in [6.07, 6.45) is 2.48. The van der Waals surface area contributed by atoms with E-state index in [4.69, 9.17) is 4.74 Å². The number of alkyl carbamates (subject to hydrolysis) is 1. The van der Waals surface area contributed by atoms with Crippen LogP contribution < -0.4 is 5.32 Å². The Bertz CT molecular complexity index is 263. The van der Waals surface area contributed by atoms with Crippen molar-refractivity contribution in [1.82, 2.24) is 5.32 Å². The van der Waals surface area contributed by atoms with Crippen LogP contribution in [0.15, 0.2) is 12.2 Å². The maximum absolute atomic E-state index is 11.3. The van der Waals surface area contributed by atoms with Crippen molar-refractivity contribution in [3.05, 3.63) is 12.2 Å². The highest BCUT2D eigenvalue weighted by Crippen LogP contribution is 2.06. The standard InChI is InChI=1S/C11H19NO3/c1-6-7-9(13)8(2)12-10(14)15-11(3,4)5/h6-8H,1-5H3,(H,12,14)/b7-6+/t8-/m0/s1. The van der Waals surface area contributed by atoms with Crippen molar-refractivity contribution in [2.75, 3.05) is 0 Å². The SMILES string of the molecule is C/C=C/C(=O)[C@H](C)NC(=O)OC(C)(C)C. The molecule has 0 saturated heterocycles. The zero-order valence-corrected chi connectivity index (χ0v) is 9.96. The van der Waals surface area contributed by atoms with Crippen LogP contribution in [0, 0.1) is 0 Å². The number of carbonyl (C=O) groups excluding carboxylic acids is 2. The van der Waals surface area contributed by atoms with Gasteiger partial charge in [-0.25, -0.2) is 4.79 Å². The van der Waals surface area contributed by atoms with Gasteiger partial charge in [-0.2, -0.15) is 0 Å². The molecule has 15 heavy (non-hydrogen) atoms. The Morgan fingerprint density at radius 1 is 1.33 bits per heavy atom. The molecule has 1 amide bonds. The van der Waals surface area contributed by atoms with Gasteiger partial charge in [0.2, 0.25) is 0 Å². The van der Waals surface area contributed by atoms with Crippen LogP contribution in [-0.4, -0.2) is 23.5 Å². The number of carbonyl (C=O) groups is 2. The minimum absolute atomic E-state index is 0.150. The van der Waals surface area contributed by atoms with Gasteiger partial charge >= 0.3 is 6.09 Å². The van der Waals surface area contributed by atoms with E-state index in [0.29, 0.717) is 0 Å². The fourth-order valence-electron chi connectivity index (χ4n) is 0.864. The highest BCUT2D eigenvalue weighted by atomic mass is 16.6. The van der Waals surface area contributed by atoms with E-state index in [-0.39, 0.29) is 5.78 Å². The van der Waals surface area contributed by atoms with Crippen molar-refractivity contribution in [3.63, 3.8) is 0 Å². The fraction of sp³-hybridized carbons (Fsp3) is 0.636. The van der Waals surface area contributed by atoms with Crippen LogP contribution >= 0.6 is 0 Å². The van der Waals surface area contributed by atoms with Gasteiger partial charge in [-0.15, -0.1) is 0 Å². The number of rotatable bonds is 3. The Kier molecular flexibility index (Phi) is 5.05. The number of allylic oxidation sites excluding steroid dienone is 1. The second-order valence-corrected chi connectivity index (χ2v) is 4.27. The van der Waals surface area contributed by atoms with E-state index in [1.807, 2.05) is 0 Å². The predicted octanol–water partition coefficient (Wildman–Crippen LogP) is 2.04. The zero-order chi connectivity index (χ0) is 12.1. The van der Waals surface area contributed by atoms with Crippen LogP contribution in [0.5, 0.6) is 0 Å². The van der Waals surface area contributed by atoms with Crippen LogP contribution in [0.25, 0.3) is 0 Å². The molecule has 0 fully saturated rings. The first-order valence-electron chi connectivity index (χ1n) is 4.92. The molecule has 0 aromatic carbocycles. The number of hydrogen-bond acceptors (Lipinski definition) is 3. The average Bonchev–Trinajstić information content (AvgIpc) is 2.00. The quantitative estimate of drug-likeness (QED) is 0.730. The topological polar surface area (TPSA) is 55.4 Å². The normalized spacial score (nSPS) is 13.7. The van der Waals surface area contributed by atoms with Crippen LogP contribution in [0.3, 0.4) is 0 Å². The zero-order valence-electron chi connectivity index (χ0n) is 9.96. The summed E-state index contributed by atoms with van der Waals surface area (Å²) >= 11 is 0. The molecule has 0 aliphatic carbocycles. The summed E-state index contributed by atoms with van der Waals surface area (Å²) in [5.74, 6) is -0.150. The van der Waals surface area contributed by atoms with Crippen molar-refractivity contribution >= 4 is 11.9 Å². The molecule has 0 spiro atoms. The van der Waals surface area contributed by atoms with Gasteiger partial charge in [0.1, 0.15) is 5.60 Å². The summed E-state index contributed by atoms with van der Waals surface area (Å²) in [6.45, 7) is 8.67. The smallest absolute Gasteiger partial charge is 0.408 e. The van der Waals surface area contributed by atoms with Crippen molar-refractivity contribution < 1.29 is 14.3 Å². The number of nitrogens with one attached hydrogen (secondary N) is 1. The first-order chi connectivity index (χ1) is 6.76. The summed E-state index contributed by atoms with van der Waals surface area (Å²) < 4.78 is 5.01. The molecule has 0 unspecified atom stereocenters. The van der Waals surface area contributed by atoms with E-state index >= 15 is 0 Å². The first-order valence-corrected chi connectivity index (χ1v) is 4.92. The largest absolute Gasteiger partial charge is 0.444 e. The minimum Gasteiger partial charge on any atom is -0.444 e. The van der Waals surface area contributed by atoms with E-state index in [1.54, 1.807) is 40.7 Å². The highest BCUT2D eigenvalue weighted by Gasteiger charge is 2.19. The van der Waals surface area contributed by atoms with Gasteiger partial charge in [0.15, 0.2) is 5.78 Å². The molecular formula is C11H19NO3. The van der Waals surface area contributed by atoms with Gasteiger partial charge in [0.25, 0.3) is 0 Å². The van der Waals surface area contributed by atoms with Gasteiger partial charge in [-0.3, -0.25) is 4.79 Å². The third-order valence-corrected chi connectivity index (χ3v) is 1.49. The molecule has 4 heteroatoms. The maximum atomic E-state index is 11.3. The molecule has 0 aliphatic heterocycles. The van der Waals surface area contributed by atoms with E-state index in [1.165, 1.54) is 6.08 Å². The number of amides is 1. The molecule has 4 nitrogen and oxygen atoms in total. The first kappa shape index (κ1) is 13.7. The highest BCUT2D eigenvalue weighted by molar-refractivity contribution is 5.95. The second kappa shape index (κ2) is 5.53. The lowest BCUT2D eigenvalue weighted by Crippen LogP contribution is -2.41. The Hall–Kier alpha value is -1.32. The Balaban J connectivity index is 4.13. The molecule has 1 atom stereocenters. The summed E-state index contributed by atoms with van der Waals surface area (Å²) in [6, 6.07) is -0.559. The van der Waals surface area contributed by atoms with Gasteiger partial charge in [0, 0.05) is 0 Å². The monoisotopic (exact) mass is 213 g/mol. The van der Waals surface area contributed by atoms with Crippen molar-refractivity contribution in [2.45, 2.75) is 46.3 Å². The van der Waals surface area contributed by atoms with E-state index < -0.39 is 17.7 Å². The average molecular weight is 213 g/mol. The van der Waals surface area contributed by atoms with Gasteiger partial charge in [0.05, 0.1) is 6.04 Å². The van der Waals surface area contributed by atoms with Gasteiger partial charge < -0.3 is 10.1 Å². The van der Waals surface area contributed by atoms with E-state index in [2.05, 4.69) is 5.32 Å². The Labute approximate surface area is 90.7 Å². The van der Waals surface area contributed by atoms with Crippen molar-refractivity contribution in [3.8, 4) is 0 Å². The van der Waals surface area contributed by atoms with Crippen molar-refractivity contribution in [1.29, 1.82) is 0 Å². The lowest BCUT2D eigenvalue weighted by molar-refractivity contribution is -0.116. The third-order valence-electron chi connectivity index (χ3n) is 1.49. The van der Waals surface area contributed by atoms with Crippen LogP contribution in [0.2, 0.25) is 0 Å². The van der Waals surface area contributed by atoms with Crippen molar-refractivity contribution in [2.24, 2.45) is 0 Å². The van der Waals surface area contributed by atoms with E-state index in [9.17, 15) is 9.59 Å². The van der Waals surface area contributed by atoms with Gasteiger partial charge in [-0.1, -0.05) is 6.08 Å². The second-order valence-electron chi connectivity index (χ2n) is 4.27. The Morgan fingerprint density at radius 2 is 1.87 bits per heavy atom. The van der Waals surface area contributed by atoms with Crippen LogP contribution in [0.4, 0.5) is 4.79 Å². The molecule has 0 heterocycles. The molecule has 0 aromatic heterocycles. The maximum Gasteiger partial charge on any atom is 0.408 e. The molecule has 0 aliphatic rings. The number of ether oxygens (including phenoxy) is 1. The van der Waals surface area contributed by atoms with E-state index in [0.717, 1.165) is 0 Å². The summed E-state index contributed by atoms with van der Waals surface area (Å²) in [4.78, 5) is 22.6. The predicted molar refractivity (Wildman–Crippen MR) is 58.7 cm³/mol. The third kappa shape index (κ3) is 6.71. The molecule has 0 radical (unpaired) electrons. The number of ketones is 1. The van der Waals surface area contributed by atoms with Crippen LogP contribution in [-0.2, 0) is 9.53 Å². The lowest BCUT2D eigenvalue weighted by atomic mass is 10.2. The molecule has 1 N–H and O–H groups in total. The van der Waals surface area contributed by atoms with Gasteiger partial charge in [-0.05, 0) is 40.7 Å². The molecular weight excluding hydrogens is 194 g/mol. The lowest BCUT2D eigenvalue weighted by Gasteiger charge is -2.21. The summed E-state index contributed by atoms with van der Waals surface area (Å²) in [5, 5.41) is 2.46. The molecule has 0 rings (SSSR count). The summed E-state index contributed by atoms with van der Waals surface area (Å²) in [5.41, 5.74) is -0.548. The minimum atomic E-state index is -0.576. The molecule has 0 bridgehead atoms. The van der Waals surface area contributed by atoms with Crippen LogP contribution in [0.1, 0.15) is 34.6 Å². The number of hydrogen-bond donors (Lipinski definition) is 1.